The highest BCUT2D eigenvalue weighted by atomic mass is 32.2. The monoisotopic (exact) mass is 651 g/mol. The van der Waals surface area contributed by atoms with Crippen LogP contribution in [-0.2, 0) is 4.57 Å². The van der Waals surface area contributed by atoms with Gasteiger partial charge in [0, 0.05) is 54.2 Å². The third-order valence-electron chi connectivity index (χ3n) is 10.2. The highest BCUT2D eigenvalue weighted by molar-refractivity contribution is 8.00. The minimum Gasteiger partial charge on any atom is -0.309 e. The number of hydrogen-bond acceptors (Lipinski definition) is 2. The molecule has 0 bridgehead atoms. The number of hydrogen-bond donors (Lipinski definition) is 0. The van der Waals surface area contributed by atoms with Crippen molar-refractivity contribution in [1.29, 1.82) is 0 Å². The fourth-order valence-electron chi connectivity index (χ4n) is 8.04. The molecular weight excluding hydrogens is 622 g/mol. The van der Waals surface area contributed by atoms with Crippen LogP contribution in [0.4, 0.5) is 0 Å². The second-order valence-corrected chi connectivity index (χ2v) is 16.6. The highest BCUT2D eigenvalue weighted by Crippen LogP contribution is 2.54. The number of para-hydroxylation sites is 1. The number of allylic oxidation sites excluding steroid dienone is 3. The predicted molar refractivity (Wildman–Crippen MR) is 203 cm³/mol. The van der Waals surface area contributed by atoms with Gasteiger partial charge in [0.2, 0.25) is 0 Å². The van der Waals surface area contributed by atoms with Crippen molar-refractivity contribution in [3.8, 4) is 28.1 Å². The van der Waals surface area contributed by atoms with Crippen LogP contribution in [0.3, 0.4) is 0 Å². The summed E-state index contributed by atoms with van der Waals surface area (Å²) in [6, 6.07) is 53.2. The summed E-state index contributed by atoms with van der Waals surface area (Å²) in [5.41, 5.74) is 10.4. The molecule has 228 valence electrons. The van der Waals surface area contributed by atoms with Crippen LogP contribution >= 0.6 is 18.9 Å². The van der Waals surface area contributed by atoms with E-state index in [0.29, 0.717) is 11.2 Å². The summed E-state index contributed by atoms with van der Waals surface area (Å²) in [6.07, 6.45) is 7.11. The largest absolute Gasteiger partial charge is 0.309 e. The van der Waals surface area contributed by atoms with Crippen molar-refractivity contribution in [2.75, 3.05) is 0 Å². The van der Waals surface area contributed by atoms with Gasteiger partial charge in [-0.25, -0.2) is 0 Å². The van der Waals surface area contributed by atoms with Crippen LogP contribution in [-0.4, -0.2) is 9.82 Å². The van der Waals surface area contributed by atoms with Crippen molar-refractivity contribution >= 4 is 51.3 Å². The quantitative estimate of drug-likeness (QED) is 0.177. The van der Waals surface area contributed by atoms with E-state index in [-0.39, 0.29) is 0 Å². The Kier molecular flexibility index (Phi) is 6.25. The molecule has 3 aliphatic rings. The standard InChI is InChI=1S/C44H30NOPS/c46-47(32-12-2-1-3-13-32)39-19-9-5-16-35(39)43-34-15-4-8-18-38(34)45(44(43)36-17-6-10-20-40(36)47)31-25-22-29(23-26-31)30-24-27-42-37(28-30)33-14-7-11-21-41(33)48-42/h1-28,37,42H. The molecule has 2 aliphatic heterocycles. The molecule has 10 rings (SSSR count). The molecule has 4 heteroatoms. The molecule has 7 aromatic rings. The minimum atomic E-state index is -3.22. The lowest BCUT2D eigenvalue weighted by atomic mass is 9.87. The second-order valence-electron chi connectivity index (χ2n) is 12.7. The lowest BCUT2D eigenvalue weighted by Crippen LogP contribution is -2.26. The molecule has 0 fully saturated rings. The summed E-state index contributed by atoms with van der Waals surface area (Å²) < 4.78 is 18.2. The first-order chi connectivity index (χ1) is 23.7. The lowest BCUT2D eigenvalue weighted by Gasteiger charge is -2.22. The summed E-state index contributed by atoms with van der Waals surface area (Å²) in [6.45, 7) is 0. The number of thioether (sulfide) groups is 1. The van der Waals surface area contributed by atoms with Gasteiger partial charge in [0.05, 0.1) is 11.2 Å². The number of benzene rings is 6. The summed E-state index contributed by atoms with van der Waals surface area (Å²) in [5.74, 6) is 0.395. The van der Waals surface area contributed by atoms with Gasteiger partial charge in [-0.3, -0.25) is 0 Å². The Morgan fingerprint density at radius 3 is 2.12 bits per heavy atom. The molecule has 0 saturated carbocycles. The van der Waals surface area contributed by atoms with E-state index in [4.69, 9.17) is 0 Å². The fraction of sp³-hybridized carbons (Fsp3) is 0.0455. The van der Waals surface area contributed by atoms with E-state index in [0.717, 1.165) is 54.9 Å². The van der Waals surface area contributed by atoms with Crippen LogP contribution < -0.4 is 15.9 Å². The summed E-state index contributed by atoms with van der Waals surface area (Å²) in [4.78, 5) is 1.39. The van der Waals surface area contributed by atoms with Gasteiger partial charge in [-0.05, 0) is 46.5 Å². The Morgan fingerprint density at radius 2 is 1.29 bits per heavy atom. The van der Waals surface area contributed by atoms with Crippen molar-refractivity contribution in [1.82, 2.24) is 4.57 Å². The van der Waals surface area contributed by atoms with Gasteiger partial charge >= 0.3 is 0 Å². The zero-order valence-corrected chi connectivity index (χ0v) is 27.7. The lowest BCUT2D eigenvalue weighted by molar-refractivity contribution is 0.592. The predicted octanol–water partition coefficient (Wildman–Crippen LogP) is 10.1. The van der Waals surface area contributed by atoms with Gasteiger partial charge < -0.3 is 9.13 Å². The van der Waals surface area contributed by atoms with Crippen molar-refractivity contribution in [3.63, 3.8) is 0 Å². The van der Waals surface area contributed by atoms with E-state index in [1.807, 2.05) is 54.2 Å². The average molecular weight is 652 g/mol. The highest BCUT2D eigenvalue weighted by Gasteiger charge is 2.40. The number of rotatable bonds is 3. The van der Waals surface area contributed by atoms with Crippen LogP contribution in [0.25, 0.3) is 44.5 Å². The molecule has 0 radical (unpaired) electrons. The number of nitrogens with zero attached hydrogens (tertiary/aromatic N) is 1. The molecule has 6 aromatic carbocycles. The van der Waals surface area contributed by atoms with Gasteiger partial charge in [0.15, 0.2) is 7.14 Å². The first-order valence-corrected chi connectivity index (χ1v) is 19.0. The van der Waals surface area contributed by atoms with Crippen molar-refractivity contribution < 1.29 is 4.57 Å². The fourth-order valence-corrected chi connectivity index (χ4v) is 12.4. The van der Waals surface area contributed by atoms with Gasteiger partial charge in [-0.1, -0.05) is 146 Å². The van der Waals surface area contributed by atoms with Crippen LogP contribution in [0.1, 0.15) is 17.0 Å². The Labute approximate surface area is 284 Å². The molecule has 3 atom stereocenters. The Bertz CT molecular complexity index is 2520. The first kappa shape index (κ1) is 28.0. The van der Waals surface area contributed by atoms with Crippen LogP contribution in [0, 0.1) is 0 Å². The third-order valence-corrected chi connectivity index (χ3v) is 14.7. The van der Waals surface area contributed by atoms with Crippen molar-refractivity contribution in [2.45, 2.75) is 16.1 Å². The first-order valence-electron chi connectivity index (χ1n) is 16.5. The van der Waals surface area contributed by atoms with Crippen LogP contribution in [0.5, 0.6) is 0 Å². The normalized spacial score (nSPS) is 20.2. The molecule has 3 unspecified atom stereocenters. The van der Waals surface area contributed by atoms with E-state index < -0.39 is 7.14 Å². The number of aromatic nitrogens is 1. The second kappa shape index (κ2) is 10.7. The molecule has 3 heterocycles. The van der Waals surface area contributed by atoms with Crippen LogP contribution in [0.15, 0.2) is 175 Å². The number of fused-ring (bicyclic) bond motifs is 10. The van der Waals surface area contributed by atoms with Crippen molar-refractivity contribution in [2.24, 2.45) is 0 Å². The van der Waals surface area contributed by atoms with Gasteiger partial charge in [-0.15, -0.1) is 11.8 Å². The minimum absolute atomic E-state index is 0.395. The zero-order valence-electron chi connectivity index (χ0n) is 26.0. The van der Waals surface area contributed by atoms with E-state index in [1.54, 1.807) is 0 Å². The van der Waals surface area contributed by atoms with E-state index in [1.165, 1.54) is 21.6 Å². The Hall–Kier alpha value is -5.08. The maximum absolute atomic E-state index is 15.8. The molecule has 48 heavy (non-hydrogen) atoms. The Morgan fingerprint density at radius 1 is 0.625 bits per heavy atom. The molecule has 0 N–H and O–H groups in total. The summed E-state index contributed by atoms with van der Waals surface area (Å²) in [7, 11) is -3.22. The van der Waals surface area contributed by atoms with E-state index >= 15 is 4.57 Å². The van der Waals surface area contributed by atoms with E-state index in [2.05, 4.69) is 132 Å². The molecular formula is C44H30NOPS. The molecule has 0 saturated heterocycles. The maximum atomic E-state index is 15.8. The van der Waals surface area contributed by atoms with Gasteiger partial charge in [0.25, 0.3) is 0 Å². The SMILES string of the molecule is O=P1(c2ccccc2)c2ccccc2-c2c(n(-c3ccc(C4=CC5c6ccccc6SC5C=C4)cc3)c3ccccc23)-c2ccccc21. The van der Waals surface area contributed by atoms with Crippen LogP contribution in [0.2, 0.25) is 0 Å². The third kappa shape index (κ3) is 3.99. The topological polar surface area (TPSA) is 22.0 Å². The smallest absolute Gasteiger partial charge is 0.172 e. The maximum Gasteiger partial charge on any atom is 0.172 e. The Balaban J connectivity index is 1.19. The molecule has 1 aliphatic carbocycles. The van der Waals surface area contributed by atoms with Crippen molar-refractivity contribution in [3.05, 3.63) is 181 Å². The average Bonchev–Trinajstić information content (AvgIpc) is 3.68. The molecule has 1 aromatic heterocycles. The van der Waals surface area contributed by atoms with Gasteiger partial charge in [-0.2, -0.15) is 0 Å². The van der Waals surface area contributed by atoms with E-state index in [9.17, 15) is 0 Å². The summed E-state index contributed by atoms with van der Waals surface area (Å²) in [5, 5.41) is 4.24. The van der Waals surface area contributed by atoms with Gasteiger partial charge in [0.1, 0.15) is 0 Å². The molecule has 0 spiro atoms. The molecule has 0 amide bonds. The summed E-state index contributed by atoms with van der Waals surface area (Å²) >= 11 is 1.97. The molecule has 2 nitrogen and oxygen atoms in total. The zero-order chi connectivity index (χ0) is 31.8.